The smallest absolute Gasteiger partial charge is 0.243 e. The van der Waals surface area contributed by atoms with Gasteiger partial charge in [0.15, 0.2) is 0 Å². The van der Waals surface area contributed by atoms with E-state index in [0.717, 1.165) is 44.7 Å². The molecule has 1 aromatic carbocycles. The van der Waals surface area contributed by atoms with E-state index in [9.17, 15) is 4.79 Å². The van der Waals surface area contributed by atoms with Crippen LogP contribution >= 0.6 is 0 Å². The lowest BCUT2D eigenvalue weighted by molar-refractivity contribution is -0.117. The molecular weight excluding hydrogens is 444 g/mol. The highest BCUT2D eigenvalue weighted by Gasteiger charge is 2.29. The van der Waals surface area contributed by atoms with Crippen molar-refractivity contribution >= 4 is 22.5 Å². The van der Waals surface area contributed by atoms with Crippen LogP contribution in [0.15, 0.2) is 43.2 Å². The Balaban J connectivity index is 1.68. The van der Waals surface area contributed by atoms with Crippen molar-refractivity contribution in [3.8, 4) is 22.8 Å². The summed E-state index contributed by atoms with van der Waals surface area (Å²) in [5.74, 6) is 2.25. The van der Waals surface area contributed by atoms with Gasteiger partial charge in [0, 0.05) is 45.9 Å². The molecule has 1 saturated heterocycles. The van der Waals surface area contributed by atoms with Crippen molar-refractivity contribution in [2.75, 3.05) is 32.8 Å². The van der Waals surface area contributed by atoms with Crippen LogP contribution in [0.3, 0.4) is 0 Å². The molecule has 0 aliphatic carbocycles. The van der Waals surface area contributed by atoms with Crippen LogP contribution < -0.4 is 20.1 Å². The van der Waals surface area contributed by atoms with Gasteiger partial charge in [0.2, 0.25) is 5.91 Å². The van der Waals surface area contributed by atoms with Crippen LogP contribution in [0.1, 0.15) is 30.9 Å². The number of hydrogen-bond donors (Lipinski definition) is 2. The summed E-state index contributed by atoms with van der Waals surface area (Å²) in [5, 5.41) is 8.19. The summed E-state index contributed by atoms with van der Waals surface area (Å²) in [6, 6.07) is 5.70. The Morgan fingerprint density at radius 1 is 1.09 bits per heavy atom. The van der Waals surface area contributed by atoms with Gasteiger partial charge >= 0.3 is 0 Å². The van der Waals surface area contributed by atoms with Gasteiger partial charge in [-0.05, 0) is 31.1 Å². The molecule has 0 saturated carbocycles. The first-order chi connectivity index (χ1) is 16.9. The molecule has 0 radical (unpaired) electrons. The van der Waals surface area contributed by atoms with E-state index >= 15 is 0 Å². The Labute approximate surface area is 205 Å². The number of carbonyl (C=O) groups is 1. The van der Waals surface area contributed by atoms with Gasteiger partial charge in [0.05, 0.1) is 45.2 Å². The number of nitrogens with zero attached hydrogens (tertiary/aromatic N) is 2. The minimum atomic E-state index is -0.222. The van der Waals surface area contributed by atoms with E-state index in [-0.39, 0.29) is 23.9 Å². The van der Waals surface area contributed by atoms with Gasteiger partial charge in [-0.2, -0.15) is 0 Å². The number of pyridine rings is 2. The number of anilines is 1. The van der Waals surface area contributed by atoms with Crippen molar-refractivity contribution in [2.45, 2.75) is 38.8 Å². The standard InChI is InChI=1S/C27H32N4O4/c1-7-25(32)31-21-14-35-13-20(21)30-24-9-18-11-28-19(8-17(18)12-29-24)27-16(4)22(33-5)10-23(34-6)26(27)15(2)3/h7-12,15,20-21H,1,13-14H2,2-6H3,(H,29,30)(H,31,32)/t20-,21+/m1/s1. The summed E-state index contributed by atoms with van der Waals surface area (Å²) in [4.78, 5) is 21.1. The first-order valence-electron chi connectivity index (χ1n) is 11.6. The van der Waals surface area contributed by atoms with Crippen molar-refractivity contribution in [1.29, 1.82) is 0 Å². The number of methoxy groups -OCH3 is 2. The lowest BCUT2D eigenvalue weighted by Crippen LogP contribution is -2.45. The van der Waals surface area contributed by atoms with Crippen molar-refractivity contribution in [1.82, 2.24) is 15.3 Å². The third kappa shape index (κ3) is 4.93. The number of rotatable bonds is 8. The Hall–Kier alpha value is -3.65. The van der Waals surface area contributed by atoms with Gasteiger partial charge in [0.1, 0.15) is 17.3 Å². The topological polar surface area (TPSA) is 94.6 Å². The van der Waals surface area contributed by atoms with E-state index < -0.39 is 0 Å². The third-order valence-corrected chi connectivity index (χ3v) is 6.34. The molecule has 8 heteroatoms. The maximum absolute atomic E-state index is 11.7. The second kappa shape index (κ2) is 10.3. The van der Waals surface area contributed by atoms with E-state index in [0.29, 0.717) is 19.0 Å². The summed E-state index contributed by atoms with van der Waals surface area (Å²) in [5.41, 5.74) is 3.97. The number of benzene rings is 1. The van der Waals surface area contributed by atoms with Crippen molar-refractivity contribution < 1.29 is 19.0 Å². The Morgan fingerprint density at radius 2 is 1.77 bits per heavy atom. The zero-order chi connectivity index (χ0) is 25.1. The second-order valence-corrected chi connectivity index (χ2v) is 8.94. The van der Waals surface area contributed by atoms with E-state index in [1.54, 1.807) is 14.2 Å². The predicted molar refractivity (Wildman–Crippen MR) is 137 cm³/mol. The molecular formula is C27H32N4O4. The lowest BCUT2D eigenvalue weighted by atomic mass is 9.89. The number of amides is 1. The molecule has 3 heterocycles. The molecule has 2 atom stereocenters. The zero-order valence-corrected chi connectivity index (χ0v) is 20.8. The van der Waals surface area contributed by atoms with Gasteiger partial charge in [0.25, 0.3) is 0 Å². The number of ether oxygens (including phenoxy) is 3. The number of hydrogen-bond acceptors (Lipinski definition) is 7. The first-order valence-corrected chi connectivity index (χ1v) is 11.6. The molecule has 0 bridgehead atoms. The largest absolute Gasteiger partial charge is 0.496 e. The number of fused-ring (bicyclic) bond motifs is 1. The van der Waals surface area contributed by atoms with Crippen LogP contribution in [0.2, 0.25) is 0 Å². The fourth-order valence-corrected chi connectivity index (χ4v) is 4.56. The van der Waals surface area contributed by atoms with Gasteiger partial charge in [-0.25, -0.2) is 4.98 Å². The van der Waals surface area contributed by atoms with Crippen LogP contribution in [0.5, 0.6) is 11.5 Å². The summed E-state index contributed by atoms with van der Waals surface area (Å²) >= 11 is 0. The highest BCUT2D eigenvalue weighted by Crippen LogP contribution is 2.43. The number of aromatic nitrogens is 2. The van der Waals surface area contributed by atoms with Gasteiger partial charge in [-0.1, -0.05) is 20.4 Å². The Kier molecular flexibility index (Phi) is 7.21. The van der Waals surface area contributed by atoms with E-state index in [2.05, 4.69) is 36.0 Å². The first kappa shape index (κ1) is 24.5. The molecule has 2 N–H and O–H groups in total. The zero-order valence-electron chi connectivity index (χ0n) is 20.8. The normalized spacial score (nSPS) is 17.4. The highest BCUT2D eigenvalue weighted by atomic mass is 16.5. The molecule has 1 aliphatic rings. The molecule has 0 unspecified atom stereocenters. The molecule has 1 aliphatic heterocycles. The molecule has 1 amide bonds. The monoisotopic (exact) mass is 476 g/mol. The molecule has 4 rings (SSSR count). The Bertz CT molecular complexity index is 1260. The summed E-state index contributed by atoms with van der Waals surface area (Å²) in [6.45, 7) is 10.8. The number of carbonyl (C=O) groups excluding carboxylic acids is 1. The molecule has 3 aromatic rings. The lowest BCUT2D eigenvalue weighted by Gasteiger charge is -2.22. The van der Waals surface area contributed by atoms with Crippen molar-refractivity contribution in [3.05, 3.63) is 54.4 Å². The minimum Gasteiger partial charge on any atom is -0.496 e. The average Bonchev–Trinajstić information content (AvgIpc) is 3.29. The van der Waals surface area contributed by atoms with E-state index in [1.807, 2.05) is 37.5 Å². The van der Waals surface area contributed by atoms with Crippen LogP contribution in [-0.4, -0.2) is 55.4 Å². The van der Waals surface area contributed by atoms with Crippen molar-refractivity contribution in [3.63, 3.8) is 0 Å². The van der Waals surface area contributed by atoms with Gasteiger partial charge in [-0.15, -0.1) is 0 Å². The molecule has 184 valence electrons. The summed E-state index contributed by atoms with van der Waals surface area (Å²) in [7, 11) is 3.34. The molecule has 8 nitrogen and oxygen atoms in total. The molecule has 2 aromatic heterocycles. The Morgan fingerprint density at radius 3 is 2.46 bits per heavy atom. The predicted octanol–water partition coefficient (Wildman–Crippen LogP) is 4.23. The van der Waals surface area contributed by atoms with Crippen LogP contribution in [-0.2, 0) is 9.53 Å². The maximum atomic E-state index is 11.7. The summed E-state index contributed by atoms with van der Waals surface area (Å²) < 4.78 is 16.9. The van der Waals surface area contributed by atoms with Crippen LogP contribution in [0.4, 0.5) is 5.82 Å². The quantitative estimate of drug-likeness (QED) is 0.470. The van der Waals surface area contributed by atoms with E-state index in [1.165, 1.54) is 6.08 Å². The molecule has 0 spiro atoms. The third-order valence-electron chi connectivity index (χ3n) is 6.34. The fourth-order valence-electron chi connectivity index (χ4n) is 4.56. The van der Waals surface area contributed by atoms with Gasteiger partial charge < -0.3 is 24.8 Å². The molecule has 1 fully saturated rings. The number of nitrogens with one attached hydrogen (secondary N) is 2. The summed E-state index contributed by atoms with van der Waals surface area (Å²) in [6.07, 6.45) is 4.95. The van der Waals surface area contributed by atoms with Gasteiger partial charge in [-0.3, -0.25) is 9.78 Å². The SMILES string of the molecule is C=CC(=O)N[C@H]1COC[C@H]1Nc1cc2cnc(-c3c(C)c(OC)cc(OC)c3C(C)C)cc2cn1. The van der Waals surface area contributed by atoms with Crippen molar-refractivity contribution in [2.24, 2.45) is 0 Å². The highest BCUT2D eigenvalue weighted by molar-refractivity contribution is 5.88. The fraction of sp³-hybridized carbons (Fsp3) is 0.370. The average molecular weight is 477 g/mol. The van der Waals surface area contributed by atoms with Crippen LogP contribution in [0.25, 0.3) is 22.0 Å². The minimum absolute atomic E-state index is 0.0865. The maximum Gasteiger partial charge on any atom is 0.243 e. The second-order valence-electron chi connectivity index (χ2n) is 8.94. The molecule has 35 heavy (non-hydrogen) atoms. The van der Waals surface area contributed by atoms with E-state index in [4.69, 9.17) is 19.2 Å². The van der Waals surface area contributed by atoms with Crippen LogP contribution in [0, 0.1) is 6.92 Å².